The second kappa shape index (κ2) is 4.78. The van der Waals surface area contributed by atoms with E-state index < -0.39 is 0 Å². The molecule has 0 N–H and O–H groups in total. The number of methoxy groups -OCH3 is 1. The molecule has 1 heterocycles. The van der Waals surface area contributed by atoms with Gasteiger partial charge in [-0.15, -0.1) is 0 Å². The smallest absolute Gasteiger partial charge is 0.213 e. The fraction of sp³-hybridized carbons (Fsp3) is 0.545. The van der Waals surface area contributed by atoms with Crippen LogP contribution in [0.4, 0.5) is 0 Å². The lowest BCUT2D eigenvalue weighted by Gasteiger charge is -2.21. The molecule has 0 aromatic carbocycles. The van der Waals surface area contributed by atoms with Crippen molar-refractivity contribution in [3.8, 4) is 5.88 Å². The van der Waals surface area contributed by atoms with Crippen molar-refractivity contribution in [1.82, 2.24) is 4.98 Å². The fourth-order valence-electron chi connectivity index (χ4n) is 1.27. The standard InChI is InChI=1S/C11H16BrNO/c1-11(2,8-12)7-9-4-5-13-10(6-9)14-3/h4-6H,7-8H2,1-3H3. The van der Waals surface area contributed by atoms with E-state index in [9.17, 15) is 0 Å². The van der Waals surface area contributed by atoms with Crippen molar-refractivity contribution >= 4 is 15.9 Å². The molecule has 14 heavy (non-hydrogen) atoms. The van der Waals surface area contributed by atoms with Gasteiger partial charge in [0.15, 0.2) is 0 Å². The molecule has 0 spiro atoms. The zero-order chi connectivity index (χ0) is 10.6. The summed E-state index contributed by atoms with van der Waals surface area (Å²) in [5, 5.41) is 0.991. The quantitative estimate of drug-likeness (QED) is 0.774. The van der Waals surface area contributed by atoms with Crippen molar-refractivity contribution < 1.29 is 4.74 Å². The molecule has 78 valence electrons. The lowest BCUT2D eigenvalue weighted by molar-refractivity contribution is 0.393. The van der Waals surface area contributed by atoms with E-state index in [1.807, 2.05) is 12.1 Å². The van der Waals surface area contributed by atoms with Crippen LogP contribution in [0.5, 0.6) is 5.88 Å². The lowest BCUT2D eigenvalue weighted by Crippen LogP contribution is -2.16. The summed E-state index contributed by atoms with van der Waals surface area (Å²) in [7, 11) is 1.64. The van der Waals surface area contributed by atoms with E-state index in [1.54, 1.807) is 13.3 Å². The number of hydrogen-bond acceptors (Lipinski definition) is 2. The third kappa shape index (κ3) is 3.29. The van der Waals surface area contributed by atoms with E-state index in [0.717, 1.165) is 11.8 Å². The molecule has 3 heteroatoms. The Morgan fingerprint density at radius 1 is 1.50 bits per heavy atom. The van der Waals surface area contributed by atoms with Crippen LogP contribution < -0.4 is 4.74 Å². The third-order valence-corrected chi connectivity index (χ3v) is 3.57. The highest BCUT2D eigenvalue weighted by atomic mass is 79.9. The third-order valence-electron chi connectivity index (χ3n) is 2.05. The van der Waals surface area contributed by atoms with Gasteiger partial charge < -0.3 is 4.74 Å². The predicted octanol–water partition coefficient (Wildman–Crippen LogP) is 3.05. The van der Waals surface area contributed by atoms with Gasteiger partial charge in [0.05, 0.1) is 7.11 Å². The zero-order valence-electron chi connectivity index (χ0n) is 8.88. The normalized spacial score (nSPS) is 11.4. The van der Waals surface area contributed by atoms with E-state index in [0.29, 0.717) is 5.88 Å². The summed E-state index contributed by atoms with van der Waals surface area (Å²) in [5.74, 6) is 0.688. The van der Waals surface area contributed by atoms with Crippen LogP contribution in [0.3, 0.4) is 0 Å². The highest BCUT2D eigenvalue weighted by Gasteiger charge is 2.16. The van der Waals surface area contributed by atoms with Crippen molar-refractivity contribution in [2.75, 3.05) is 12.4 Å². The van der Waals surface area contributed by atoms with Gasteiger partial charge >= 0.3 is 0 Å². The highest BCUT2D eigenvalue weighted by molar-refractivity contribution is 9.09. The first-order valence-electron chi connectivity index (χ1n) is 4.62. The van der Waals surface area contributed by atoms with Gasteiger partial charge in [-0.2, -0.15) is 0 Å². The molecule has 1 aromatic rings. The topological polar surface area (TPSA) is 22.1 Å². The molecule has 0 saturated heterocycles. The van der Waals surface area contributed by atoms with Crippen LogP contribution >= 0.6 is 15.9 Å². The number of halogens is 1. The van der Waals surface area contributed by atoms with Gasteiger partial charge in [0.25, 0.3) is 0 Å². The molecule has 0 saturated carbocycles. The average Bonchev–Trinajstić information content (AvgIpc) is 2.17. The SMILES string of the molecule is COc1cc(CC(C)(C)CBr)ccn1. The lowest BCUT2D eigenvalue weighted by atomic mass is 9.88. The van der Waals surface area contributed by atoms with Crippen molar-refractivity contribution in [3.05, 3.63) is 23.9 Å². The molecule has 0 fully saturated rings. The summed E-state index contributed by atoms with van der Waals surface area (Å²) < 4.78 is 5.08. The summed E-state index contributed by atoms with van der Waals surface area (Å²) >= 11 is 3.52. The summed E-state index contributed by atoms with van der Waals surface area (Å²) in [6.45, 7) is 4.46. The van der Waals surface area contributed by atoms with Gasteiger partial charge in [0.1, 0.15) is 0 Å². The van der Waals surface area contributed by atoms with Crippen LogP contribution in [0, 0.1) is 5.41 Å². The first-order valence-corrected chi connectivity index (χ1v) is 5.74. The maximum absolute atomic E-state index is 5.08. The van der Waals surface area contributed by atoms with Gasteiger partial charge in [-0.05, 0) is 23.5 Å². The Hall–Kier alpha value is -0.570. The predicted molar refractivity (Wildman–Crippen MR) is 62.1 cm³/mol. The first-order chi connectivity index (χ1) is 6.57. The molecule has 0 aliphatic heterocycles. The van der Waals surface area contributed by atoms with Gasteiger partial charge in [0, 0.05) is 17.6 Å². The number of rotatable bonds is 4. The van der Waals surface area contributed by atoms with E-state index in [-0.39, 0.29) is 5.41 Å². The van der Waals surface area contributed by atoms with Gasteiger partial charge in [-0.25, -0.2) is 4.98 Å². The Labute approximate surface area is 93.8 Å². The monoisotopic (exact) mass is 257 g/mol. The molecular weight excluding hydrogens is 242 g/mol. The molecule has 0 radical (unpaired) electrons. The Morgan fingerprint density at radius 2 is 2.21 bits per heavy atom. The number of alkyl halides is 1. The van der Waals surface area contributed by atoms with Crippen molar-refractivity contribution in [1.29, 1.82) is 0 Å². The summed E-state index contributed by atoms with van der Waals surface area (Å²) in [6.07, 6.45) is 2.82. The van der Waals surface area contributed by atoms with Crippen LogP contribution in [0.2, 0.25) is 0 Å². The van der Waals surface area contributed by atoms with Crippen molar-refractivity contribution in [3.63, 3.8) is 0 Å². The molecule has 0 atom stereocenters. The second-order valence-corrected chi connectivity index (χ2v) is 4.74. The summed E-state index contributed by atoms with van der Waals surface area (Å²) in [6, 6.07) is 4.03. The van der Waals surface area contributed by atoms with E-state index in [1.165, 1.54) is 5.56 Å². The zero-order valence-corrected chi connectivity index (χ0v) is 10.5. The van der Waals surface area contributed by atoms with Gasteiger partial charge in [-0.1, -0.05) is 29.8 Å². The van der Waals surface area contributed by atoms with Crippen LogP contribution in [-0.2, 0) is 6.42 Å². The van der Waals surface area contributed by atoms with Gasteiger partial charge in [0.2, 0.25) is 5.88 Å². The first kappa shape index (κ1) is 11.5. The molecule has 0 aliphatic carbocycles. The van der Waals surface area contributed by atoms with Crippen LogP contribution in [0.25, 0.3) is 0 Å². The van der Waals surface area contributed by atoms with E-state index in [2.05, 4.69) is 34.8 Å². The number of hydrogen-bond donors (Lipinski definition) is 0. The highest BCUT2D eigenvalue weighted by Crippen LogP contribution is 2.24. The van der Waals surface area contributed by atoms with E-state index in [4.69, 9.17) is 4.74 Å². The maximum Gasteiger partial charge on any atom is 0.213 e. The number of aromatic nitrogens is 1. The molecule has 0 aliphatic rings. The molecule has 1 rings (SSSR count). The molecule has 0 amide bonds. The summed E-state index contributed by atoms with van der Waals surface area (Å²) in [4.78, 5) is 4.08. The number of ether oxygens (including phenoxy) is 1. The Kier molecular flexibility index (Phi) is 3.93. The molecule has 2 nitrogen and oxygen atoms in total. The molecule has 1 aromatic heterocycles. The van der Waals surface area contributed by atoms with Crippen LogP contribution in [-0.4, -0.2) is 17.4 Å². The minimum Gasteiger partial charge on any atom is -0.481 e. The maximum atomic E-state index is 5.08. The van der Waals surface area contributed by atoms with Crippen LogP contribution in [0.1, 0.15) is 19.4 Å². The van der Waals surface area contributed by atoms with Crippen molar-refractivity contribution in [2.45, 2.75) is 20.3 Å². The Balaban J connectivity index is 2.76. The fourth-order valence-corrected chi connectivity index (χ4v) is 1.47. The average molecular weight is 258 g/mol. The number of nitrogens with zero attached hydrogens (tertiary/aromatic N) is 1. The summed E-state index contributed by atoms with van der Waals surface area (Å²) in [5.41, 5.74) is 1.54. The van der Waals surface area contributed by atoms with E-state index >= 15 is 0 Å². The Bertz CT molecular complexity index is 299. The van der Waals surface area contributed by atoms with Crippen LogP contribution in [0.15, 0.2) is 18.3 Å². The minimum absolute atomic E-state index is 0.270. The molecule has 0 bridgehead atoms. The van der Waals surface area contributed by atoms with Gasteiger partial charge in [-0.3, -0.25) is 0 Å². The second-order valence-electron chi connectivity index (χ2n) is 4.18. The molecular formula is C11H16BrNO. The minimum atomic E-state index is 0.270. The largest absolute Gasteiger partial charge is 0.481 e. The molecule has 0 unspecified atom stereocenters. The number of pyridine rings is 1. The van der Waals surface area contributed by atoms with Crippen molar-refractivity contribution in [2.24, 2.45) is 5.41 Å². The Morgan fingerprint density at radius 3 is 2.79 bits per heavy atom.